The molecule has 0 aromatic heterocycles. The van der Waals surface area contributed by atoms with Crippen molar-refractivity contribution in [2.45, 2.75) is 27.4 Å². The molecule has 149 valence electrons. The van der Waals surface area contributed by atoms with Gasteiger partial charge >= 0.3 is 21.7 Å². The molecule has 1 nitrogen and oxygen atoms in total. The van der Waals surface area contributed by atoms with E-state index in [0.717, 1.165) is 5.56 Å². The van der Waals surface area contributed by atoms with E-state index in [1.165, 1.54) is 33.1 Å². The van der Waals surface area contributed by atoms with Crippen molar-refractivity contribution in [3.8, 4) is 0 Å². The van der Waals surface area contributed by atoms with Gasteiger partial charge in [-0.05, 0) is 25.3 Å². The van der Waals surface area contributed by atoms with Gasteiger partial charge in [0.2, 0.25) is 0 Å². The number of aliphatic hydroxyl groups excluding tert-OH is 1. The van der Waals surface area contributed by atoms with Gasteiger partial charge in [-0.15, -0.1) is 35.2 Å². The van der Waals surface area contributed by atoms with Crippen molar-refractivity contribution in [2.24, 2.45) is 5.92 Å². The van der Waals surface area contributed by atoms with E-state index in [0.29, 0.717) is 5.92 Å². The fourth-order valence-electron chi connectivity index (χ4n) is 3.44. The Labute approximate surface area is 201 Å². The molecule has 4 heteroatoms. The number of rotatable bonds is 2. The van der Waals surface area contributed by atoms with E-state index in [-0.39, 0.29) is 53.1 Å². The van der Waals surface area contributed by atoms with E-state index < -0.39 is 0 Å². The SMILES string of the molecule is CC1=CC(C)C(c2[c-]c3ccccc3cc2)=C1C.OCc1ccccc1.[Cl-].[Cl-].[Ti+3]. The third-order valence-electron chi connectivity index (χ3n) is 4.93. The van der Waals surface area contributed by atoms with Crippen LogP contribution in [-0.4, -0.2) is 5.11 Å². The summed E-state index contributed by atoms with van der Waals surface area (Å²) in [7, 11) is 0. The van der Waals surface area contributed by atoms with E-state index in [4.69, 9.17) is 5.11 Å². The average Bonchev–Trinajstić information content (AvgIpc) is 2.94. The standard InChI is InChI=1S/C18H17.C7H8O.2ClH.Ti/c1-12-10-13(2)18(14(12)3)17-9-8-15-6-4-5-7-16(15)11-17;8-6-7-4-2-1-3-5-7;;;/h4-10,13H,1-3H3;1-5,8H,6H2;2*1H;/q-1;;;;+3/p-2. The maximum atomic E-state index is 8.54. The molecule has 1 N–H and O–H groups in total. The van der Waals surface area contributed by atoms with Crippen LogP contribution in [-0.2, 0) is 28.3 Å². The molecule has 1 atom stereocenters. The minimum atomic E-state index is 0. The molecule has 0 saturated heterocycles. The molecule has 0 aliphatic heterocycles. The second-order valence-corrected chi connectivity index (χ2v) is 6.78. The minimum absolute atomic E-state index is 0. The van der Waals surface area contributed by atoms with Crippen LogP contribution in [0.3, 0.4) is 0 Å². The van der Waals surface area contributed by atoms with Crippen LogP contribution in [0, 0.1) is 12.0 Å². The third-order valence-corrected chi connectivity index (χ3v) is 4.93. The van der Waals surface area contributed by atoms with Crippen LogP contribution in [0.4, 0.5) is 0 Å². The first-order valence-corrected chi connectivity index (χ1v) is 9.06. The smallest absolute Gasteiger partial charge is 1.00 e. The van der Waals surface area contributed by atoms with Crippen molar-refractivity contribution in [1.29, 1.82) is 0 Å². The average molecular weight is 460 g/mol. The van der Waals surface area contributed by atoms with Gasteiger partial charge in [-0.2, -0.15) is 0 Å². The molecule has 4 rings (SSSR count). The van der Waals surface area contributed by atoms with Gasteiger partial charge < -0.3 is 29.9 Å². The third kappa shape index (κ3) is 6.84. The Morgan fingerprint density at radius 2 is 1.48 bits per heavy atom. The van der Waals surface area contributed by atoms with Crippen molar-refractivity contribution in [2.75, 3.05) is 0 Å². The summed E-state index contributed by atoms with van der Waals surface area (Å²) in [6.07, 6.45) is 2.34. The fourth-order valence-corrected chi connectivity index (χ4v) is 3.44. The number of fused-ring (bicyclic) bond motifs is 1. The Balaban J connectivity index is 0.000000616. The maximum Gasteiger partial charge on any atom is 3.00 e. The van der Waals surface area contributed by atoms with Gasteiger partial charge in [0.25, 0.3) is 0 Å². The first-order chi connectivity index (χ1) is 12.6. The zero-order valence-corrected chi connectivity index (χ0v) is 20.0. The van der Waals surface area contributed by atoms with Crippen molar-refractivity contribution in [1.82, 2.24) is 0 Å². The Morgan fingerprint density at radius 1 is 0.862 bits per heavy atom. The molecule has 1 radical (unpaired) electrons. The van der Waals surface area contributed by atoms with Crippen molar-refractivity contribution in [3.63, 3.8) is 0 Å². The second kappa shape index (κ2) is 13.1. The van der Waals surface area contributed by atoms with Crippen LogP contribution in [0.25, 0.3) is 16.3 Å². The molecular weight excluding hydrogens is 435 g/mol. The van der Waals surface area contributed by atoms with Gasteiger partial charge in [-0.3, -0.25) is 0 Å². The number of aliphatic hydroxyl groups is 1. The molecule has 3 aromatic carbocycles. The van der Waals surface area contributed by atoms with Crippen LogP contribution < -0.4 is 24.8 Å². The summed E-state index contributed by atoms with van der Waals surface area (Å²) in [5.74, 6) is 0.502. The fraction of sp³-hybridized carbons (Fsp3) is 0.200. The summed E-state index contributed by atoms with van der Waals surface area (Å²) in [5.41, 5.74) is 6.45. The number of hydrogen-bond acceptors (Lipinski definition) is 1. The van der Waals surface area contributed by atoms with Crippen molar-refractivity contribution >= 4 is 16.3 Å². The van der Waals surface area contributed by atoms with Crippen LogP contribution >= 0.6 is 0 Å². The summed E-state index contributed by atoms with van der Waals surface area (Å²) in [6, 6.07) is 25.9. The number of benzene rings is 3. The molecule has 0 saturated carbocycles. The number of halogens is 2. The van der Waals surface area contributed by atoms with Crippen LogP contribution in [0.2, 0.25) is 0 Å². The maximum absolute atomic E-state index is 8.54. The van der Waals surface area contributed by atoms with Gasteiger partial charge in [-0.1, -0.05) is 83.6 Å². The first kappa shape index (κ1) is 27.7. The van der Waals surface area contributed by atoms with Gasteiger partial charge in [0.15, 0.2) is 0 Å². The molecule has 0 spiro atoms. The Morgan fingerprint density at radius 3 is 2.03 bits per heavy atom. The molecule has 29 heavy (non-hydrogen) atoms. The van der Waals surface area contributed by atoms with Gasteiger partial charge in [0.05, 0.1) is 6.61 Å². The topological polar surface area (TPSA) is 20.2 Å². The monoisotopic (exact) mass is 459 g/mol. The molecule has 0 fully saturated rings. The van der Waals surface area contributed by atoms with E-state index >= 15 is 0 Å². The summed E-state index contributed by atoms with van der Waals surface area (Å²) in [4.78, 5) is 0. The van der Waals surface area contributed by atoms with Crippen molar-refractivity contribution < 1.29 is 51.6 Å². The molecule has 1 aliphatic carbocycles. The zero-order chi connectivity index (χ0) is 18.5. The normalized spacial score (nSPS) is 14.6. The summed E-state index contributed by atoms with van der Waals surface area (Å²) >= 11 is 0. The molecular formula is C25H25Cl2OTi. The summed E-state index contributed by atoms with van der Waals surface area (Å²) in [5, 5.41) is 11.0. The summed E-state index contributed by atoms with van der Waals surface area (Å²) < 4.78 is 0. The molecule has 3 aromatic rings. The van der Waals surface area contributed by atoms with Crippen LogP contribution in [0.15, 0.2) is 84.0 Å². The van der Waals surface area contributed by atoms with E-state index in [2.05, 4.69) is 69.3 Å². The molecule has 0 bridgehead atoms. The second-order valence-electron chi connectivity index (χ2n) is 6.78. The minimum Gasteiger partial charge on any atom is -1.00 e. The molecule has 1 unspecified atom stereocenters. The van der Waals surface area contributed by atoms with E-state index in [1.54, 1.807) is 0 Å². The van der Waals surface area contributed by atoms with Gasteiger partial charge in [-0.25, -0.2) is 0 Å². The number of allylic oxidation sites excluding steroid dienone is 4. The zero-order valence-electron chi connectivity index (χ0n) is 16.9. The van der Waals surface area contributed by atoms with Crippen LogP contribution in [0.5, 0.6) is 0 Å². The number of hydrogen-bond donors (Lipinski definition) is 1. The largest absolute Gasteiger partial charge is 3.00 e. The van der Waals surface area contributed by atoms with E-state index in [9.17, 15) is 0 Å². The van der Waals surface area contributed by atoms with Crippen LogP contribution in [0.1, 0.15) is 31.9 Å². The molecule has 0 amide bonds. The van der Waals surface area contributed by atoms with Crippen molar-refractivity contribution in [3.05, 3.63) is 101 Å². The first-order valence-electron chi connectivity index (χ1n) is 9.06. The predicted octanol–water partition coefficient (Wildman–Crippen LogP) is 0.194. The summed E-state index contributed by atoms with van der Waals surface area (Å²) in [6.45, 7) is 6.81. The Bertz CT molecular complexity index is 965. The molecule has 1 aliphatic rings. The van der Waals surface area contributed by atoms with Gasteiger partial charge in [0.1, 0.15) is 0 Å². The van der Waals surface area contributed by atoms with E-state index in [1.807, 2.05) is 30.3 Å². The predicted molar refractivity (Wildman–Crippen MR) is 111 cm³/mol. The van der Waals surface area contributed by atoms with Gasteiger partial charge in [0, 0.05) is 0 Å². The Hall–Kier alpha value is -1.35. The molecule has 0 heterocycles. The Kier molecular flexibility index (Phi) is 12.5. The quantitative estimate of drug-likeness (QED) is 0.428.